The van der Waals surface area contributed by atoms with Gasteiger partial charge in [0.15, 0.2) is 0 Å². The number of carbonyl (C=O) groups is 1. The first kappa shape index (κ1) is 14.2. The van der Waals surface area contributed by atoms with Crippen molar-refractivity contribution in [1.82, 2.24) is 5.43 Å². The molecule has 7 heteroatoms. The minimum absolute atomic E-state index is 0.137. The Morgan fingerprint density at radius 3 is 2.62 bits per heavy atom. The van der Waals surface area contributed by atoms with Crippen molar-refractivity contribution in [2.75, 3.05) is 0 Å². The van der Waals surface area contributed by atoms with Crippen LogP contribution in [0.5, 0.6) is 5.75 Å². The van der Waals surface area contributed by atoms with Crippen molar-refractivity contribution in [3.05, 3.63) is 69.8 Å². The van der Waals surface area contributed by atoms with E-state index in [0.29, 0.717) is 5.56 Å². The fourth-order valence-electron chi connectivity index (χ4n) is 1.57. The second-order valence-corrected chi connectivity index (χ2v) is 4.07. The van der Waals surface area contributed by atoms with Gasteiger partial charge < -0.3 is 5.11 Å². The molecule has 0 atom stereocenters. The second kappa shape index (κ2) is 6.29. The number of nitro benzene ring substituents is 1. The van der Waals surface area contributed by atoms with Crippen molar-refractivity contribution >= 4 is 17.8 Å². The van der Waals surface area contributed by atoms with Gasteiger partial charge in [0.25, 0.3) is 11.6 Å². The molecule has 0 aliphatic heterocycles. The summed E-state index contributed by atoms with van der Waals surface area (Å²) in [5.74, 6) is -0.588. The first-order chi connectivity index (χ1) is 10.1. The third-order valence-electron chi connectivity index (χ3n) is 2.63. The number of hydrazone groups is 1. The van der Waals surface area contributed by atoms with Crippen LogP contribution in [0.2, 0.25) is 0 Å². The standard InChI is InChI=1S/C14H11N3O4/c18-13-7-6-12(17(20)21)8-11(13)9-15-16-14(19)10-4-2-1-3-5-10/h1-9,18H,(H,16,19)/b15-9+. The number of phenols is 1. The summed E-state index contributed by atoms with van der Waals surface area (Å²) in [4.78, 5) is 21.8. The molecule has 0 saturated heterocycles. The van der Waals surface area contributed by atoms with E-state index in [9.17, 15) is 20.0 Å². The Kier molecular flexibility index (Phi) is 4.25. The summed E-state index contributed by atoms with van der Waals surface area (Å²) < 4.78 is 0. The number of nitrogens with zero attached hydrogens (tertiary/aromatic N) is 2. The van der Waals surface area contributed by atoms with E-state index in [1.54, 1.807) is 30.3 Å². The fourth-order valence-corrected chi connectivity index (χ4v) is 1.57. The highest BCUT2D eigenvalue weighted by molar-refractivity contribution is 5.95. The number of aromatic hydroxyl groups is 1. The third-order valence-corrected chi connectivity index (χ3v) is 2.63. The SMILES string of the molecule is O=C(N/N=C/c1cc([N+](=O)[O-])ccc1O)c1ccccc1. The maximum absolute atomic E-state index is 11.7. The smallest absolute Gasteiger partial charge is 0.271 e. The molecular weight excluding hydrogens is 274 g/mol. The van der Waals surface area contributed by atoms with Gasteiger partial charge in [0.05, 0.1) is 11.1 Å². The molecule has 21 heavy (non-hydrogen) atoms. The molecule has 2 aromatic carbocycles. The monoisotopic (exact) mass is 285 g/mol. The number of hydrogen-bond acceptors (Lipinski definition) is 5. The zero-order valence-corrected chi connectivity index (χ0v) is 10.8. The number of nitrogens with one attached hydrogen (secondary N) is 1. The lowest BCUT2D eigenvalue weighted by atomic mass is 10.2. The van der Waals surface area contributed by atoms with Gasteiger partial charge in [-0.15, -0.1) is 0 Å². The van der Waals surface area contributed by atoms with E-state index >= 15 is 0 Å². The first-order valence-corrected chi connectivity index (χ1v) is 5.94. The normalized spacial score (nSPS) is 10.5. The maximum atomic E-state index is 11.7. The number of carbonyl (C=O) groups excluding carboxylic acids is 1. The molecule has 0 heterocycles. The second-order valence-electron chi connectivity index (χ2n) is 4.07. The number of rotatable bonds is 4. The Balaban J connectivity index is 2.10. The molecule has 2 N–H and O–H groups in total. The van der Waals surface area contributed by atoms with Crippen molar-refractivity contribution in [2.45, 2.75) is 0 Å². The Hall–Kier alpha value is -3.22. The molecule has 0 saturated carbocycles. The minimum atomic E-state index is -0.584. The maximum Gasteiger partial charge on any atom is 0.271 e. The molecule has 0 radical (unpaired) electrons. The van der Waals surface area contributed by atoms with Crippen LogP contribution in [0.4, 0.5) is 5.69 Å². The summed E-state index contributed by atoms with van der Waals surface area (Å²) in [5.41, 5.74) is 2.66. The van der Waals surface area contributed by atoms with Gasteiger partial charge in [0.2, 0.25) is 0 Å². The highest BCUT2D eigenvalue weighted by atomic mass is 16.6. The van der Waals surface area contributed by atoms with Gasteiger partial charge in [-0.3, -0.25) is 14.9 Å². The summed E-state index contributed by atoms with van der Waals surface area (Å²) >= 11 is 0. The molecule has 106 valence electrons. The number of hydrogen-bond donors (Lipinski definition) is 2. The third kappa shape index (κ3) is 3.63. The van der Waals surface area contributed by atoms with E-state index in [-0.39, 0.29) is 17.0 Å². The van der Waals surface area contributed by atoms with E-state index in [2.05, 4.69) is 10.5 Å². The van der Waals surface area contributed by atoms with Gasteiger partial charge in [-0.25, -0.2) is 5.43 Å². The Bertz CT molecular complexity index is 699. The van der Waals surface area contributed by atoms with Crippen LogP contribution in [0.25, 0.3) is 0 Å². The lowest BCUT2D eigenvalue weighted by Gasteiger charge is -2.00. The molecule has 1 amide bonds. The average molecular weight is 285 g/mol. The predicted molar refractivity (Wildman–Crippen MR) is 76.3 cm³/mol. The fraction of sp³-hybridized carbons (Fsp3) is 0. The molecule has 7 nitrogen and oxygen atoms in total. The number of non-ortho nitro benzene ring substituents is 1. The molecule has 0 bridgehead atoms. The average Bonchev–Trinajstić information content (AvgIpc) is 2.49. The summed E-state index contributed by atoms with van der Waals surface area (Å²) in [6.07, 6.45) is 1.14. The van der Waals surface area contributed by atoms with Gasteiger partial charge in [-0.2, -0.15) is 5.10 Å². The number of phenolic OH excluding ortho intramolecular Hbond substituents is 1. The van der Waals surface area contributed by atoms with E-state index in [0.717, 1.165) is 12.3 Å². The number of benzene rings is 2. The van der Waals surface area contributed by atoms with Gasteiger partial charge in [-0.1, -0.05) is 18.2 Å². The molecule has 0 aromatic heterocycles. The highest BCUT2D eigenvalue weighted by Crippen LogP contribution is 2.21. The zero-order chi connectivity index (χ0) is 15.2. The summed E-state index contributed by atoms with van der Waals surface area (Å²) in [5, 5.41) is 23.9. The molecule has 2 rings (SSSR count). The van der Waals surface area contributed by atoms with Crippen LogP contribution in [0.3, 0.4) is 0 Å². The highest BCUT2D eigenvalue weighted by Gasteiger charge is 2.09. The Labute approximate surface area is 119 Å². The predicted octanol–water partition coefficient (Wildman–Crippen LogP) is 2.06. The van der Waals surface area contributed by atoms with Crippen molar-refractivity contribution in [3.8, 4) is 5.75 Å². The van der Waals surface area contributed by atoms with Gasteiger partial charge in [0, 0.05) is 23.3 Å². The van der Waals surface area contributed by atoms with Crippen LogP contribution in [0.1, 0.15) is 15.9 Å². The summed E-state index contributed by atoms with van der Waals surface area (Å²) in [6.45, 7) is 0. The van der Waals surface area contributed by atoms with Gasteiger partial charge >= 0.3 is 0 Å². The van der Waals surface area contributed by atoms with Crippen LogP contribution in [-0.4, -0.2) is 22.2 Å². The van der Waals surface area contributed by atoms with Crippen molar-refractivity contribution < 1.29 is 14.8 Å². The van der Waals surface area contributed by atoms with Crippen LogP contribution < -0.4 is 5.43 Å². The van der Waals surface area contributed by atoms with E-state index in [1.807, 2.05) is 0 Å². The minimum Gasteiger partial charge on any atom is -0.507 e. The molecule has 2 aromatic rings. The van der Waals surface area contributed by atoms with Gasteiger partial charge in [0.1, 0.15) is 5.75 Å². The summed E-state index contributed by atoms with van der Waals surface area (Å²) in [7, 11) is 0. The first-order valence-electron chi connectivity index (χ1n) is 5.94. The van der Waals surface area contributed by atoms with Crippen LogP contribution in [-0.2, 0) is 0 Å². The Morgan fingerprint density at radius 1 is 1.24 bits per heavy atom. The van der Waals surface area contributed by atoms with Crippen molar-refractivity contribution in [2.24, 2.45) is 5.10 Å². The lowest BCUT2D eigenvalue weighted by molar-refractivity contribution is -0.384. The quantitative estimate of drug-likeness (QED) is 0.509. The molecular formula is C14H11N3O4. The van der Waals surface area contributed by atoms with E-state index in [4.69, 9.17) is 0 Å². The molecule has 0 fully saturated rings. The van der Waals surface area contributed by atoms with Crippen LogP contribution >= 0.6 is 0 Å². The topological polar surface area (TPSA) is 105 Å². The van der Waals surface area contributed by atoms with Crippen LogP contribution in [0, 0.1) is 10.1 Å². The molecule has 0 aliphatic rings. The largest absolute Gasteiger partial charge is 0.507 e. The van der Waals surface area contributed by atoms with Crippen molar-refractivity contribution in [3.63, 3.8) is 0 Å². The molecule has 0 spiro atoms. The van der Waals surface area contributed by atoms with Crippen LogP contribution in [0.15, 0.2) is 53.6 Å². The molecule has 0 unspecified atom stereocenters. The van der Waals surface area contributed by atoms with Gasteiger partial charge in [-0.05, 0) is 18.2 Å². The van der Waals surface area contributed by atoms with Crippen molar-refractivity contribution in [1.29, 1.82) is 0 Å². The van der Waals surface area contributed by atoms with E-state index < -0.39 is 10.8 Å². The number of nitro groups is 1. The Morgan fingerprint density at radius 2 is 1.95 bits per heavy atom. The molecule has 0 aliphatic carbocycles. The zero-order valence-electron chi connectivity index (χ0n) is 10.8. The number of amides is 1. The van der Waals surface area contributed by atoms with E-state index in [1.165, 1.54) is 12.1 Å². The summed E-state index contributed by atoms with van der Waals surface area (Å²) in [6, 6.07) is 12.0. The lowest BCUT2D eigenvalue weighted by Crippen LogP contribution is -2.17.